The topological polar surface area (TPSA) is 26.8 Å². The van der Waals surface area contributed by atoms with Gasteiger partial charge in [0.25, 0.3) is 5.91 Å². The molecule has 1 amide bonds. The van der Waals surface area contributed by atoms with Gasteiger partial charge in [-0.05, 0) is 42.0 Å². The Balaban J connectivity index is 1.27. The molecule has 0 atom stereocenters. The zero-order chi connectivity index (χ0) is 24.4. The minimum Gasteiger partial charge on any atom is -0.368 e. The molecule has 0 aromatic heterocycles. The quantitative estimate of drug-likeness (QED) is 0.457. The summed E-state index contributed by atoms with van der Waals surface area (Å²) < 4.78 is 39.3. The van der Waals surface area contributed by atoms with Crippen LogP contribution in [0.3, 0.4) is 0 Å². The third-order valence-electron chi connectivity index (χ3n) is 6.49. The van der Waals surface area contributed by atoms with Crippen molar-refractivity contribution < 1.29 is 18.0 Å². The maximum Gasteiger partial charge on any atom is 0.416 e. The Morgan fingerprint density at radius 3 is 2.37 bits per heavy atom. The highest BCUT2D eigenvalue weighted by Crippen LogP contribution is 2.37. The molecule has 3 aromatic rings. The molecule has 3 aromatic carbocycles. The summed E-state index contributed by atoms with van der Waals surface area (Å²) >= 11 is 1.81. The molecule has 0 aliphatic carbocycles. The van der Waals surface area contributed by atoms with Gasteiger partial charge < -0.3 is 14.7 Å². The Kier molecular flexibility index (Phi) is 6.65. The molecule has 4 nitrogen and oxygen atoms in total. The second-order valence-corrected chi connectivity index (χ2v) is 9.90. The van der Waals surface area contributed by atoms with Crippen LogP contribution in [0.15, 0.2) is 77.7 Å². The summed E-state index contributed by atoms with van der Waals surface area (Å²) in [6.45, 7) is 3.63. The highest BCUT2D eigenvalue weighted by molar-refractivity contribution is 7.99. The fourth-order valence-electron chi connectivity index (χ4n) is 4.60. The van der Waals surface area contributed by atoms with Crippen LogP contribution in [0.5, 0.6) is 0 Å². The number of nitrogens with zero attached hydrogens (tertiary/aromatic N) is 3. The number of thioether (sulfide) groups is 1. The summed E-state index contributed by atoms with van der Waals surface area (Å²) in [5.41, 5.74) is 2.85. The SMILES string of the molecule is O=C(c1ccc2c(c1)N(Cc1ccccc1)CCS2)N1CCN(c2cccc(C(F)(F)F)c2)CC1. The van der Waals surface area contributed by atoms with Crippen molar-refractivity contribution in [2.45, 2.75) is 17.6 Å². The molecule has 5 rings (SSSR count). The molecule has 0 spiro atoms. The van der Waals surface area contributed by atoms with Gasteiger partial charge in [0.1, 0.15) is 0 Å². The van der Waals surface area contributed by atoms with E-state index in [4.69, 9.17) is 0 Å². The number of rotatable bonds is 4. The number of hydrogen-bond donors (Lipinski definition) is 0. The van der Waals surface area contributed by atoms with Gasteiger partial charge in [-0.15, -0.1) is 11.8 Å². The number of benzene rings is 3. The number of hydrogen-bond acceptors (Lipinski definition) is 4. The van der Waals surface area contributed by atoms with E-state index in [-0.39, 0.29) is 5.91 Å². The normalized spacial score (nSPS) is 16.3. The minimum absolute atomic E-state index is 0.0354. The zero-order valence-electron chi connectivity index (χ0n) is 19.2. The molecule has 0 N–H and O–H groups in total. The molecule has 182 valence electrons. The Labute approximate surface area is 207 Å². The largest absolute Gasteiger partial charge is 0.416 e. The van der Waals surface area contributed by atoms with Gasteiger partial charge in [0, 0.05) is 61.2 Å². The first-order chi connectivity index (χ1) is 16.9. The summed E-state index contributed by atoms with van der Waals surface area (Å²) in [6.07, 6.45) is -4.37. The van der Waals surface area contributed by atoms with Crippen LogP contribution in [0.4, 0.5) is 24.5 Å². The molecule has 1 saturated heterocycles. The van der Waals surface area contributed by atoms with Crippen molar-refractivity contribution in [2.24, 2.45) is 0 Å². The lowest BCUT2D eigenvalue weighted by Gasteiger charge is -2.37. The first kappa shape index (κ1) is 23.6. The third kappa shape index (κ3) is 5.27. The highest BCUT2D eigenvalue weighted by Gasteiger charge is 2.31. The number of anilines is 2. The van der Waals surface area contributed by atoms with Crippen LogP contribution in [0.2, 0.25) is 0 Å². The molecular weight excluding hydrogens is 471 g/mol. The van der Waals surface area contributed by atoms with Crippen LogP contribution in [-0.4, -0.2) is 49.3 Å². The molecule has 8 heteroatoms. The predicted octanol–water partition coefficient (Wildman–Crippen LogP) is 5.78. The molecule has 0 saturated carbocycles. The van der Waals surface area contributed by atoms with Crippen LogP contribution in [0.25, 0.3) is 0 Å². The number of halogens is 3. The Morgan fingerprint density at radius 2 is 1.63 bits per heavy atom. The van der Waals surface area contributed by atoms with Crippen molar-refractivity contribution >= 4 is 29.0 Å². The van der Waals surface area contributed by atoms with Crippen molar-refractivity contribution in [1.29, 1.82) is 0 Å². The molecule has 2 heterocycles. The van der Waals surface area contributed by atoms with Gasteiger partial charge in [0.05, 0.1) is 11.3 Å². The van der Waals surface area contributed by atoms with E-state index in [1.54, 1.807) is 22.7 Å². The Morgan fingerprint density at radius 1 is 0.857 bits per heavy atom. The summed E-state index contributed by atoms with van der Waals surface area (Å²) in [4.78, 5) is 20.5. The highest BCUT2D eigenvalue weighted by atomic mass is 32.2. The van der Waals surface area contributed by atoms with Crippen molar-refractivity contribution in [3.05, 3.63) is 89.5 Å². The third-order valence-corrected chi connectivity index (χ3v) is 7.53. The van der Waals surface area contributed by atoms with E-state index < -0.39 is 11.7 Å². The lowest BCUT2D eigenvalue weighted by molar-refractivity contribution is -0.137. The average molecular weight is 498 g/mol. The monoisotopic (exact) mass is 497 g/mol. The van der Waals surface area contributed by atoms with Gasteiger partial charge in [-0.1, -0.05) is 36.4 Å². The van der Waals surface area contributed by atoms with Gasteiger partial charge in [0.2, 0.25) is 0 Å². The van der Waals surface area contributed by atoms with E-state index >= 15 is 0 Å². The van der Waals surface area contributed by atoms with E-state index in [0.29, 0.717) is 37.4 Å². The minimum atomic E-state index is -4.37. The standard InChI is InChI=1S/C27H26F3N3OS/c28-27(29,30)22-7-4-8-23(18-22)31-11-13-32(14-12-31)26(34)21-9-10-25-24(17-21)33(15-16-35-25)19-20-5-2-1-3-6-20/h1-10,17-18H,11-16,19H2. The van der Waals surface area contributed by atoms with Crippen LogP contribution >= 0.6 is 11.8 Å². The summed E-state index contributed by atoms with van der Waals surface area (Å²) in [7, 11) is 0. The first-order valence-electron chi connectivity index (χ1n) is 11.7. The van der Waals surface area contributed by atoms with E-state index in [0.717, 1.165) is 30.6 Å². The fraction of sp³-hybridized carbons (Fsp3) is 0.296. The van der Waals surface area contributed by atoms with Crippen LogP contribution in [-0.2, 0) is 12.7 Å². The van der Waals surface area contributed by atoms with E-state index in [1.165, 1.54) is 22.6 Å². The molecule has 0 bridgehead atoms. The number of carbonyl (C=O) groups is 1. The smallest absolute Gasteiger partial charge is 0.368 e. The number of carbonyl (C=O) groups excluding carboxylic acids is 1. The molecular formula is C27H26F3N3OS. The van der Waals surface area contributed by atoms with Crippen molar-refractivity contribution in [3.63, 3.8) is 0 Å². The summed E-state index contributed by atoms with van der Waals surface area (Å²) in [5, 5.41) is 0. The molecule has 35 heavy (non-hydrogen) atoms. The van der Waals surface area contributed by atoms with Gasteiger partial charge in [-0.25, -0.2) is 0 Å². The maximum absolute atomic E-state index is 13.3. The van der Waals surface area contributed by atoms with Gasteiger partial charge in [-0.3, -0.25) is 4.79 Å². The Bertz CT molecular complexity index is 1190. The molecule has 2 aliphatic rings. The molecule has 2 aliphatic heterocycles. The van der Waals surface area contributed by atoms with Gasteiger partial charge >= 0.3 is 6.18 Å². The van der Waals surface area contributed by atoms with Crippen molar-refractivity contribution in [3.8, 4) is 0 Å². The second kappa shape index (κ2) is 9.85. The lowest BCUT2D eigenvalue weighted by atomic mass is 10.1. The second-order valence-electron chi connectivity index (χ2n) is 8.77. The maximum atomic E-state index is 13.3. The Hall–Kier alpha value is -3.13. The summed E-state index contributed by atoms with van der Waals surface area (Å²) in [5.74, 6) is 0.969. The fourth-order valence-corrected chi connectivity index (χ4v) is 5.63. The van der Waals surface area contributed by atoms with E-state index in [9.17, 15) is 18.0 Å². The first-order valence-corrected chi connectivity index (χ1v) is 12.6. The van der Waals surface area contributed by atoms with Gasteiger partial charge in [-0.2, -0.15) is 13.2 Å². The zero-order valence-corrected chi connectivity index (χ0v) is 20.0. The summed E-state index contributed by atoms with van der Waals surface area (Å²) in [6, 6.07) is 21.6. The van der Waals surface area contributed by atoms with Crippen LogP contribution in [0, 0.1) is 0 Å². The number of fused-ring (bicyclic) bond motifs is 1. The number of alkyl halides is 3. The molecule has 0 radical (unpaired) electrons. The van der Waals surface area contributed by atoms with Crippen molar-refractivity contribution in [2.75, 3.05) is 48.3 Å². The van der Waals surface area contributed by atoms with E-state index in [1.807, 2.05) is 41.3 Å². The van der Waals surface area contributed by atoms with Crippen LogP contribution < -0.4 is 9.80 Å². The average Bonchev–Trinajstić information content (AvgIpc) is 2.88. The van der Waals surface area contributed by atoms with Crippen molar-refractivity contribution in [1.82, 2.24) is 4.90 Å². The molecule has 1 fully saturated rings. The van der Waals surface area contributed by atoms with Gasteiger partial charge in [0.15, 0.2) is 0 Å². The van der Waals surface area contributed by atoms with Crippen LogP contribution in [0.1, 0.15) is 21.5 Å². The predicted molar refractivity (Wildman–Crippen MR) is 134 cm³/mol. The number of piperazine rings is 1. The number of amides is 1. The molecule has 0 unspecified atom stereocenters. The van der Waals surface area contributed by atoms with E-state index in [2.05, 4.69) is 17.0 Å². The lowest BCUT2D eigenvalue weighted by Crippen LogP contribution is -2.48.